The summed E-state index contributed by atoms with van der Waals surface area (Å²) in [5.74, 6) is -0.758. The molecule has 3 atom stereocenters. The first kappa shape index (κ1) is 17.5. The number of aliphatic hydroxyl groups excluding tert-OH is 1. The Hall–Kier alpha value is -1.86. The number of carbonyl (C=O) groups excluding carboxylic acids is 1. The van der Waals surface area contributed by atoms with Gasteiger partial charge in [0.05, 0.1) is 12.2 Å². The molecule has 0 aromatic heterocycles. The van der Waals surface area contributed by atoms with Crippen LogP contribution in [-0.4, -0.2) is 22.8 Å². The van der Waals surface area contributed by atoms with E-state index < -0.39 is 23.1 Å². The fraction of sp³-hybridized carbons (Fsp3) is 0.579. The third kappa shape index (κ3) is 3.73. The molecular formula is C19H25NO3. The number of nitrogens with zero attached hydrogens (tertiary/aromatic N) is 1. The summed E-state index contributed by atoms with van der Waals surface area (Å²) in [7, 11) is 0. The molecular weight excluding hydrogens is 290 g/mol. The van der Waals surface area contributed by atoms with Crippen LogP contribution in [0.25, 0.3) is 0 Å². The molecule has 4 nitrogen and oxygen atoms in total. The Balaban J connectivity index is 2.49. The van der Waals surface area contributed by atoms with E-state index >= 15 is 0 Å². The van der Waals surface area contributed by atoms with E-state index in [9.17, 15) is 15.2 Å². The molecule has 23 heavy (non-hydrogen) atoms. The van der Waals surface area contributed by atoms with Crippen LogP contribution in [-0.2, 0) is 14.9 Å². The number of carbonyl (C=O) groups is 1. The van der Waals surface area contributed by atoms with Crippen molar-refractivity contribution in [2.45, 2.75) is 63.6 Å². The molecule has 1 saturated carbocycles. The number of hydrogen-bond donors (Lipinski definition) is 1. The molecule has 4 heteroatoms. The SMILES string of the molecule is CC(C)(C)OC(=O)[C@@](C#N)(c1ccccc1)[C@@H]1CCC[C@H](O)C1. The highest BCUT2D eigenvalue weighted by Gasteiger charge is 2.51. The Morgan fingerprint density at radius 2 is 1.91 bits per heavy atom. The van der Waals surface area contributed by atoms with Crippen LogP contribution in [0.1, 0.15) is 52.0 Å². The Bertz CT molecular complexity index is 585. The van der Waals surface area contributed by atoms with Crippen LogP contribution in [0, 0.1) is 17.2 Å². The zero-order valence-corrected chi connectivity index (χ0v) is 14.1. The third-order valence-corrected chi connectivity index (χ3v) is 4.39. The molecule has 0 aliphatic heterocycles. The van der Waals surface area contributed by atoms with Crippen LogP contribution < -0.4 is 0 Å². The molecule has 2 rings (SSSR count). The predicted octanol–water partition coefficient (Wildman–Crippen LogP) is 3.34. The summed E-state index contributed by atoms with van der Waals surface area (Å²) in [6.45, 7) is 5.40. The minimum atomic E-state index is -1.37. The second-order valence-corrected chi connectivity index (χ2v) is 7.31. The molecule has 0 heterocycles. The third-order valence-electron chi connectivity index (χ3n) is 4.39. The summed E-state index contributed by atoms with van der Waals surface area (Å²) in [4.78, 5) is 13.0. The fourth-order valence-electron chi connectivity index (χ4n) is 3.34. The van der Waals surface area contributed by atoms with Gasteiger partial charge in [0.15, 0.2) is 5.41 Å². The normalized spacial score (nSPS) is 24.3. The van der Waals surface area contributed by atoms with Gasteiger partial charge < -0.3 is 9.84 Å². The number of ether oxygens (including phenoxy) is 1. The average molecular weight is 315 g/mol. The van der Waals surface area contributed by atoms with Crippen LogP contribution >= 0.6 is 0 Å². The number of esters is 1. The van der Waals surface area contributed by atoms with Gasteiger partial charge in [0, 0.05) is 0 Å². The van der Waals surface area contributed by atoms with E-state index in [-0.39, 0.29) is 5.92 Å². The number of benzene rings is 1. The Labute approximate surface area is 138 Å². The monoisotopic (exact) mass is 315 g/mol. The smallest absolute Gasteiger partial charge is 0.331 e. The van der Waals surface area contributed by atoms with Crippen LogP contribution in [0.5, 0.6) is 0 Å². The summed E-state index contributed by atoms with van der Waals surface area (Å²) < 4.78 is 5.59. The van der Waals surface area contributed by atoms with Crippen molar-refractivity contribution >= 4 is 5.97 Å². The van der Waals surface area contributed by atoms with Crippen molar-refractivity contribution < 1.29 is 14.6 Å². The zero-order chi connectivity index (χ0) is 17.1. The van der Waals surface area contributed by atoms with Gasteiger partial charge in [0.25, 0.3) is 0 Å². The highest BCUT2D eigenvalue weighted by Crippen LogP contribution is 2.42. The molecule has 1 aromatic rings. The second-order valence-electron chi connectivity index (χ2n) is 7.31. The van der Waals surface area contributed by atoms with Gasteiger partial charge >= 0.3 is 5.97 Å². The van der Waals surface area contributed by atoms with Gasteiger partial charge in [-0.25, -0.2) is 4.79 Å². The van der Waals surface area contributed by atoms with Crippen molar-refractivity contribution in [1.29, 1.82) is 5.26 Å². The van der Waals surface area contributed by atoms with Crippen molar-refractivity contribution in [3.05, 3.63) is 35.9 Å². The van der Waals surface area contributed by atoms with Gasteiger partial charge in [0.1, 0.15) is 5.60 Å². The predicted molar refractivity (Wildman–Crippen MR) is 87.5 cm³/mol. The number of nitriles is 1. The summed E-state index contributed by atoms with van der Waals surface area (Å²) in [5.41, 5.74) is -1.38. The molecule has 1 aliphatic rings. The van der Waals surface area contributed by atoms with E-state index in [4.69, 9.17) is 4.74 Å². The molecule has 1 N–H and O–H groups in total. The highest BCUT2D eigenvalue weighted by molar-refractivity contribution is 5.87. The van der Waals surface area contributed by atoms with E-state index in [1.54, 1.807) is 32.9 Å². The van der Waals surface area contributed by atoms with E-state index in [0.717, 1.165) is 19.3 Å². The standard InChI is InChI=1S/C19H25NO3/c1-18(2,3)23-17(22)19(13-20,14-8-5-4-6-9-14)15-10-7-11-16(21)12-15/h4-6,8-9,15-16,21H,7,10-12H2,1-3H3/t15-,16+,19+/m1/s1. The van der Waals surface area contributed by atoms with Crippen molar-refractivity contribution in [3.8, 4) is 6.07 Å². The van der Waals surface area contributed by atoms with E-state index in [1.165, 1.54) is 0 Å². The molecule has 0 unspecified atom stereocenters. The lowest BCUT2D eigenvalue weighted by Gasteiger charge is -2.38. The van der Waals surface area contributed by atoms with Gasteiger partial charge in [-0.15, -0.1) is 0 Å². The van der Waals surface area contributed by atoms with Crippen LogP contribution in [0.2, 0.25) is 0 Å². The average Bonchev–Trinajstić information content (AvgIpc) is 2.48. The molecule has 0 spiro atoms. The second kappa shape index (κ2) is 6.72. The largest absolute Gasteiger partial charge is 0.459 e. The topological polar surface area (TPSA) is 70.3 Å². The van der Waals surface area contributed by atoms with Gasteiger partial charge in [-0.1, -0.05) is 36.8 Å². The van der Waals surface area contributed by atoms with Gasteiger partial charge in [-0.3, -0.25) is 0 Å². The Kier molecular flexibility index (Phi) is 5.11. The van der Waals surface area contributed by atoms with Crippen molar-refractivity contribution in [3.63, 3.8) is 0 Å². The molecule has 0 bridgehead atoms. The molecule has 1 aromatic carbocycles. The number of aliphatic hydroxyl groups is 1. The quantitative estimate of drug-likeness (QED) is 0.868. The lowest BCUT2D eigenvalue weighted by Crippen LogP contribution is -2.47. The highest BCUT2D eigenvalue weighted by atomic mass is 16.6. The van der Waals surface area contributed by atoms with Crippen LogP contribution in [0.15, 0.2) is 30.3 Å². The Morgan fingerprint density at radius 3 is 2.43 bits per heavy atom. The maximum absolute atomic E-state index is 13.0. The van der Waals surface area contributed by atoms with Crippen molar-refractivity contribution in [2.24, 2.45) is 5.92 Å². The molecule has 1 aliphatic carbocycles. The van der Waals surface area contributed by atoms with Crippen molar-refractivity contribution in [1.82, 2.24) is 0 Å². The number of rotatable bonds is 3. The first-order valence-electron chi connectivity index (χ1n) is 8.18. The molecule has 0 radical (unpaired) electrons. The first-order chi connectivity index (χ1) is 10.8. The van der Waals surface area contributed by atoms with Crippen LogP contribution in [0.4, 0.5) is 0 Å². The van der Waals surface area contributed by atoms with Gasteiger partial charge in [-0.2, -0.15) is 5.26 Å². The summed E-state index contributed by atoms with van der Waals surface area (Å²) in [6.07, 6.45) is 2.25. The lowest BCUT2D eigenvalue weighted by molar-refractivity contribution is -0.162. The zero-order valence-electron chi connectivity index (χ0n) is 14.1. The molecule has 0 amide bonds. The minimum absolute atomic E-state index is 0.242. The van der Waals surface area contributed by atoms with E-state index in [2.05, 4.69) is 6.07 Å². The van der Waals surface area contributed by atoms with Crippen molar-refractivity contribution in [2.75, 3.05) is 0 Å². The summed E-state index contributed by atoms with van der Waals surface area (Å²) in [6, 6.07) is 11.4. The molecule has 0 saturated heterocycles. The fourth-order valence-corrected chi connectivity index (χ4v) is 3.34. The summed E-state index contributed by atoms with van der Waals surface area (Å²) in [5, 5.41) is 20.0. The summed E-state index contributed by atoms with van der Waals surface area (Å²) >= 11 is 0. The minimum Gasteiger partial charge on any atom is -0.459 e. The molecule has 1 fully saturated rings. The van der Waals surface area contributed by atoms with E-state index in [0.29, 0.717) is 12.0 Å². The number of hydrogen-bond acceptors (Lipinski definition) is 4. The Morgan fingerprint density at radius 1 is 1.26 bits per heavy atom. The van der Waals surface area contributed by atoms with Crippen LogP contribution in [0.3, 0.4) is 0 Å². The maximum atomic E-state index is 13.0. The molecule has 124 valence electrons. The van der Waals surface area contributed by atoms with Gasteiger partial charge in [0.2, 0.25) is 0 Å². The maximum Gasteiger partial charge on any atom is 0.331 e. The van der Waals surface area contributed by atoms with Gasteiger partial charge in [-0.05, 0) is 51.5 Å². The lowest BCUT2D eigenvalue weighted by atomic mass is 9.65. The first-order valence-corrected chi connectivity index (χ1v) is 8.18. The van der Waals surface area contributed by atoms with E-state index in [1.807, 2.05) is 18.2 Å².